The van der Waals surface area contributed by atoms with Crippen LogP contribution in [0.15, 0.2) is 45.7 Å². The van der Waals surface area contributed by atoms with Crippen LogP contribution in [0.4, 0.5) is 0 Å². The van der Waals surface area contributed by atoms with E-state index in [0.717, 1.165) is 37.6 Å². The summed E-state index contributed by atoms with van der Waals surface area (Å²) in [4.78, 5) is 6.93. The minimum Gasteiger partial charge on any atom is -0.459 e. The molecule has 7 heteroatoms. The van der Waals surface area contributed by atoms with Crippen molar-refractivity contribution in [2.24, 2.45) is 0 Å². The molecule has 4 rings (SSSR count). The van der Waals surface area contributed by atoms with Gasteiger partial charge in [-0.15, -0.1) is 0 Å². The van der Waals surface area contributed by atoms with Crippen LogP contribution in [0.2, 0.25) is 0 Å². The van der Waals surface area contributed by atoms with Gasteiger partial charge in [-0.1, -0.05) is 0 Å². The third kappa shape index (κ3) is 3.27. The van der Waals surface area contributed by atoms with Gasteiger partial charge in [-0.05, 0) is 25.1 Å². The minimum atomic E-state index is 0.135. The molecule has 0 N–H and O–H groups in total. The van der Waals surface area contributed by atoms with Gasteiger partial charge in [0.25, 0.3) is 5.89 Å². The summed E-state index contributed by atoms with van der Waals surface area (Å²) >= 11 is 0. The molecule has 24 heavy (non-hydrogen) atoms. The van der Waals surface area contributed by atoms with E-state index in [1.807, 2.05) is 36.0 Å². The summed E-state index contributed by atoms with van der Waals surface area (Å²) in [6.45, 7) is 5.90. The van der Waals surface area contributed by atoms with Crippen molar-refractivity contribution in [3.63, 3.8) is 0 Å². The third-order valence-corrected chi connectivity index (χ3v) is 4.17. The molecule has 1 aliphatic rings. The highest BCUT2D eigenvalue weighted by molar-refractivity contribution is 5.44. The van der Waals surface area contributed by atoms with Crippen LogP contribution in [0.1, 0.15) is 11.5 Å². The van der Waals surface area contributed by atoms with Crippen molar-refractivity contribution in [1.82, 2.24) is 19.7 Å². The molecule has 0 aliphatic carbocycles. The van der Waals surface area contributed by atoms with Gasteiger partial charge in [0.1, 0.15) is 5.76 Å². The zero-order valence-electron chi connectivity index (χ0n) is 13.6. The molecular weight excluding hydrogens is 308 g/mol. The van der Waals surface area contributed by atoms with Crippen molar-refractivity contribution in [2.75, 3.05) is 19.7 Å². The van der Waals surface area contributed by atoms with Crippen molar-refractivity contribution in [2.45, 2.75) is 26.1 Å². The van der Waals surface area contributed by atoms with Gasteiger partial charge < -0.3 is 13.6 Å². The SMILES string of the molecule is Cc1oc(-c2ccco2)nc1CN1CCO[C@H](Cn2cccn2)C1. The molecule has 3 aromatic rings. The molecule has 1 fully saturated rings. The predicted molar refractivity (Wildman–Crippen MR) is 86.2 cm³/mol. The smallest absolute Gasteiger partial charge is 0.263 e. The highest BCUT2D eigenvalue weighted by Gasteiger charge is 2.23. The molecule has 0 unspecified atom stereocenters. The summed E-state index contributed by atoms with van der Waals surface area (Å²) in [6, 6.07) is 5.61. The van der Waals surface area contributed by atoms with E-state index in [1.165, 1.54) is 0 Å². The molecule has 7 nitrogen and oxygen atoms in total. The molecule has 0 radical (unpaired) electrons. The molecule has 1 saturated heterocycles. The Labute approximate surface area is 139 Å². The predicted octanol–water partition coefficient (Wildman–Crippen LogP) is 2.34. The van der Waals surface area contributed by atoms with E-state index in [1.54, 1.807) is 12.5 Å². The van der Waals surface area contributed by atoms with Crippen molar-refractivity contribution in [3.8, 4) is 11.7 Å². The highest BCUT2D eigenvalue weighted by atomic mass is 16.5. The maximum Gasteiger partial charge on any atom is 0.263 e. The van der Waals surface area contributed by atoms with E-state index >= 15 is 0 Å². The van der Waals surface area contributed by atoms with Crippen molar-refractivity contribution >= 4 is 0 Å². The lowest BCUT2D eigenvalue weighted by Gasteiger charge is -2.32. The van der Waals surface area contributed by atoms with E-state index in [0.29, 0.717) is 18.3 Å². The van der Waals surface area contributed by atoms with Crippen LogP contribution in [-0.4, -0.2) is 45.5 Å². The lowest BCUT2D eigenvalue weighted by Crippen LogP contribution is -2.43. The molecular formula is C17H20N4O3. The van der Waals surface area contributed by atoms with Crippen LogP contribution in [0.25, 0.3) is 11.7 Å². The van der Waals surface area contributed by atoms with Gasteiger partial charge in [0.05, 0.1) is 31.2 Å². The molecule has 4 heterocycles. The lowest BCUT2D eigenvalue weighted by atomic mass is 10.2. The molecule has 3 aromatic heterocycles. The summed E-state index contributed by atoms with van der Waals surface area (Å²) in [5.41, 5.74) is 0.945. The largest absolute Gasteiger partial charge is 0.459 e. The zero-order chi connectivity index (χ0) is 16.4. The Bertz CT molecular complexity index is 764. The quantitative estimate of drug-likeness (QED) is 0.716. The van der Waals surface area contributed by atoms with Gasteiger partial charge in [-0.2, -0.15) is 5.10 Å². The molecule has 0 saturated carbocycles. The van der Waals surface area contributed by atoms with E-state index < -0.39 is 0 Å². The maximum absolute atomic E-state index is 5.85. The highest BCUT2D eigenvalue weighted by Crippen LogP contribution is 2.23. The van der Waals surface area contributed by atoms with E-state index in [9.17, 15) is 0 Å². The lowest BCUT2D eigenvalue weighted by molar-refractivity contribution is -0.0406. The van der Waals surface area contributed by atoms with Crippen molar-refractivity contribution in [3.05, 3.63) is 48.3 Å². The summed E-state index contributed by atoms with van der Waals surface area (Å²) < 4.78 is 18.8. The molecule has 0 amide bonds. The Morgan fingerprint density at radius 1 is 1.33 bits per heavy atom. The monoisotopic (exact) mass is 328 g/mol. The van der Waals surface area contributed by atoms with E-state index in [-0.39, 0.29) is 6.10 Å². The summed E-state index contributed by atoms with van der Waals surface area (Å²) in [6.07, 6.45) is 5.50. The second kappa shape index (κ2) is 6.62. The number of ether oxygens (including phenoxy) is 1. The van der Waals surface area contributed by atoms with Gasteiger partial charge >= 0.3 is 0 Å². The number of hydrogen-bond donors (Lipinski definition) is 0. The number of rotatable bonds is 5. The van der Waals surface area contributed by atoms with Crippen LogP contribution < -0.4 is 0 Å². The Kier molecular flexibility index (Phi) is 4.18. The third-order valence-electron chi connectivity index (χ3n) is 4.17. The first-order valence-electron chi connectivity index (χ1n) is 8.09. The number of furan rings is 1. The normalized spacial score (nSPS) is 19.0. The van der Waals surface area contributed by atoms with Crippen molar-refractivity contribution in [1.29, 1.82) is 0 Å². The molecule has 0 bridgehead atoms. The number of morpholine rings is 1. The van der Waals surface area contributed by atoms with Gasteiger partial charge in [0.2, 0.25) is 0 Å². The van der Waals surface area contributed by atoms with Gasteiger partial charge in [-0.3, -0.25) is 9.58 Å². The zero-order valence-corrected chi connectivity index (χ0v) is 13.6. The van der Waals surface area contributed by atoms with E-state index in [4.69, 9.17) is 13.6 Å². The topological polar surface area (TPSA) is 69.5 Å². The number of aryl methyl sites for hydroxylation is 1. The molecule has 0 aromatic carbocycles. The fourth-order valence-corrected chi connectivity index (χ4v) is 2.94. The van der Waals surface area contributed by atoms with Crippen LogP contribution in [0, 0.1) is 6.92 Å². The van der Waals surface area contributed by atoms with Gasteiger partial charge in [-0.25, -0.2) is 4.98 Å². The fraction of sp³-hybridized carbons (Fsp3) is 0.412. The molecule has 0 spiro atoms. The fourth-order valence-electron chi connectivity index (χ4n) is 2.94. The van der Waals surface area contributed by atoms with Gasteiger partial charge in [0.15, 0.2) is 5.76 Å². The summed E-state index contributed by atoms with van der Waals surface area (Å²) in [7, 11) is 0. The van der Waals surface area contributed by atoms with E-state index in [2.05, 4.69) is 15.0 Å². The summed E-state index contributed by atoms with van der Waals surface area (Å²) in [5.74, 6) is 2.02. The average molecular weight is 328 g/mol. The van der Waals surface area contributed by atoms with Crippen LogP contribution in [0.5, 0.6) is 0 Å². The van der Waals surface area contributed by atoms with Crippen LogP contribution in [0.3, 0.4) is 0 Å². The minimum absolute atomic E-state index is 0.135. The number of nitrogens with zero attached hydrogens (tertiary/aromatic N) is 4. The number of aromatic nitrogens is 3. The van der Waals surface area contributed by atoms with Crippen LogP contribution >= 0.6 is 0 Å². The first-order valence-corrected chi connectivity index (χ1v) is 8.09. The second-order valence-corrected chi connectivity index (χ2v) is 5.96. The number of oxazole rings is 1. The molecule has 126 valence electrons. The Morgan fingerprint density at radius 2 is 2.29 bits per heavy atom. The average Bonchev–Trinajstić information content (AvgIpc) is 3.31. The Morgan fingerprint density at radius 3 is 3.08 bits per heavy atom. The summed E-state index contributed by atoms with van der Waals surface area (Å²) in [5, 5.41) is 4.25. The second-order valence-electron chi connectivity index (χ2n) is 5.96. The Hall–Kier alpha value is -2.38. The first kappa shape index (κ1) is 15.2. The number of hydrogen-bond acceptors (Lipinski definition) is 6. The van der Waals surface area contributed by atoms with Crippen molar-refractivity contribution < 1.29 is 13.6 Å². The standard InChI is InChI=1S/C17H20N4O3/c1-13-15(19-17(24-13)16-4-2-8-23-16)12-20-7-9-22-14(10-20)11-21-6-3-5-18-21/h2-6,8,14H,7,9-12H2,1H3/t14-/m0/s1. The molecule has 1 atom stereocenters. The molecule has 1 aliphatic heterocycles. The maximum atomic E-state index is 5.85. The van der Waals surface area contributed by atoms with Crippen LogP contribution in [-0.2, 0) is 17.8 Å². The first-order chi connectivity index (χ1) is 11.8. The van der Waals surface area contributed by atoms with Gasteiger partial charge in [0, 0.05) is 32.0 Å². The Balaban J connectivity index is 1.41.